The van der Waals surface area contributed by atoms with E-state index in [1.165, 1.54) is 4.90 Å². The number of para-hydroxylation sites is 1. The maximum absolute atomic E-state index is 14.1. The van der Waals surface area contributed by atoms with Crippen molar-refractivity contribution in [1.29, 1.82) is 0 Å². The second-order valence-electron chi connectivity index (χ2n) is 10.8. The molecule has 3 aromatic rings. The minimum absolute atomic E-state index is 0.0325. The van der Waals surface area contributed by atoms with Gasteiger partial charge < -0.3 is 10.2 Å². The predicted octanol–water partition coefficient (Wildman–Crippen LogP) is 5.62. The third kappa shape index (κ3) is 8.71. The Balaban J connectivity index is 2.11. The number of aryl methyl sites for hydroxylation is 1. The Hall–Kier alpha value is -3.07. The van der Waals surface area contributed by atoms with Crippen molar-refractivity contribution in [2.24, 2.45) is 0 Å². The quantitative estimate of drug-likeness (QED) is 0.326. The molecule has 40 heavy (non-hydrogen) atoms. The van der Waals surface area contributed by atoms with Crippen LogP contribution in [0.5, 0.6) is 0 Å². The number of sulfonamides is 1. The van der Waals surface area contributed by atoms with E-state index in [-0.39, 0.29) is 18.9 Å². The van der Waals surface area contributed by atoms with Crippen LogP contribution in [0.4, 0.5) is 5.69 Å². The first-order chi connectivity index (χ1) is 18.7. The SMILES string of the molecule is Cc1ccccc1N(CC(=O)N(Cc1ccc(Cl)cc1Cl)[C@H](Cc1ccccc1)C(=O)NC(C)(C)C)S(C)(=O)=O. The number of rotatable bonds is 10. The van der Waals surface area contributed by atoms with Crippen LogP contribution in [-0.4, -0.2) is 49.5 Å². The van der Waals surface area contributed by atoms with Gasteiger partial charge in [-0.15, -0.1) is 0 Å². The number of nitrogens with one attached hydrogen (secondary N) is 1. The highest BCUT2D eigenvalue weighted by Gasteiger charge is 2.34. The number of amides is 2. The zero-order chi connectivity index (χ0) is 29.7. The summed E-state index contributed by atoms with van der Waals surface area (Å²) in [4.78, 5) is 29.3. The molecule has 3 aromatic carbocycles. The van der Waals surface area contributed by atoms with Gasteiger partial charge in [-0.3, -0.25) is 13.9 Å². The van der Waals surface area contributed by atoms with Crippen LogP contribution in [-0.2, 0) is 32.6 Å². The summed E-state index contributed by atoms with van der Waals surface area (Å²) in [5.41, 5.74) is 1.93. The first kappa shape index (κ1) is 31.5. The van der Waals surface area contributed by atoms with E-state index in [1.54, 1.807) is 49.4 Å². The fourth-order valence-corrected chi connectivity index (χ4v) is 5.65. The number of halogens is 2. The number of benzene rings is 3. The van der Waals surface area contributed by atoms with Gasteiger partial charge in [-0.25, -0.2) is 8.42 Å². The largest absolute Gasteiger partial charge is 0.350 e. The Morgan fingerprint density at radius 1 is 0.950 bits per heavy atom. The van der Waals surface area contributed by atoms with Crippen molar-refractivity contribution in [2.75, 3.05) is 17.1 Å². The van der Waals surface area contributed by atoms with Crippen LogP contribution in [0.15, 0.2) is 72.8 Å². The summed E-state index contributed by atoms with van der Waals surface area (Å²) in [5, 5.41) is 3.75. The van der Waals surface area contributed by atoms with Gasteiger partial charge in [0.05, 0.1) is 11.9 Å². The molecule has 7 nitrogen and oxygen atoms in total. The lowest BCUT2D eigenvalue weighted by molar-refractivity contribution is -0.140. The Kier molecular flexibility index (Phi) is 10.3. The number of carbonyl (C=O) groups excluding carboxylic acids is 2. The van der Waals surface area contributed by atoms with Crippen molar-refractivity contribution in [3.8, 4) is 0 Å². The Morgan fingerprint density at radius 2 is 1.57 bits per heavy atom. The Bertz CT molecular complexity index is 1460. The van der Waals surface area contributed by atoms with Crippen LogP contribution in [0.2, 0.25) is 10.0 Å². The summed E-state index contributed by atoms with van der Waals surface area (Å²) in [6.07, 6.45) is 1.27. The van der Waals surface area contributed by atoms with Gasteiger partial charge in [0, 0.05) is 28.5 Å². The van der Waals surface area contributed by atoms with E-state index >= 15 is 0 Å². The van der Waals surface area contributed by atoms with Crippen molar-refractivity contribution in [3.05, 3.63) is 99.5 Å². The Labute approximate surface area is 247 Å². The zero-order valence-corrected chi connectivity index (χ0v) is 25.6. The highest BCUT2D eigenvalue weighted by Crippen LogP contribution is 2.26. The highest BCUT2D eigenvalue weighted by molar-refractivity contribution is 7.92. The number of carbonyl (C=O) groups is 2. The van der Waals surface area contributed by atoms with Gasteiger partial charge in [0.15, 0.2) is 0 Å². The molecule has 0 radical (unpaired) electrons. The van der Waals surface area contributed by atoms with Crippen molar-refractivity contribution in [2.45, 2.75) is 52.2 Å². The van der Waals surface area contributed by atoms with Crippen molar-refractivity contribution >= 4 is 50.7 Å². The van der Waals surface area contributed by atoms with Gasteiger partial charge in [-0.2, -0.15) is 0 Å². The number of hydrogen-bond donors (Lipinski definition) is 1. The smallest absolute Gasteiger partial charge is 0.244 e. The van der Waals surface area contributed by atoms with Crippen LogP contribution in [0.1, 0.15) is 37.5 Å². The molecule has 10 heteroatoms. The molecule has 0 aliphatic carbocycles. The molecule has 214 valence electrons. The molecule has 0 bridgehead atoms. The third-order valence-corrected chi connectivity index (χ3v) is 7.90. The summed E-state index contributed by atoms with van der Waals surface area (Å²) in [5.74, 6) is -0.915. The first-order valence-electron chi connectivity index (χ1n) is 12.8. The van der Waals surface area contributed by atoms with Crippen LogP contribution in [0, 0.1) is 6.92 Å². The molecule has 0 aliphatic rings. The fraction of sp³-hybridized carbons (Fsp3) is 0.333. The van der Waals surface area contributed by atoms with Gasteiger partial charge in [-0.05, 0) is 62.6 Å². The van der Waals surface area contributed by atoms with Crippen molar-refractivity contribution < 1.29 is 18.0 Å². The lowest BCUT2D eigenvalue weighted by atomic mass is 10.0. The third-order valence-electron chi connectivity index (χ3n) is 6.19. The van der Waals surface area contributed by atoms with Crippen molar-refractivity contribution in [1.82, 2.24) is 10.2 Å². The second kappa shape index (κ2) is 13.1. The lowest BCUT2D eigenvalue weighted by Crippen LogP contribution is -2.56. The van der Waals surface area contributed by atoms with E-state index in [4.69, 9.17) is 23.2 Å². The van der Waals surface area contributed by atoms with Gasteiger partial charge in [-0.1, -0.05) is 77.8 Å². The maximum Gasteiger partial charge on any atom is 0.244 e. The van der Waals surface area contributed by atoms with E-state index in [0.29, 0.717) is 26.9 Å². The van der Waals surface area contributed by atoms with E-state index in [0.717, 1.165) is 16.1 Å². The molecule has 1 N–H and O–H groups in total. The number of nitrogens with zero attached hydrogens (tertiary/aromatic N) is 2. The second-order valence-corrected chi connectivity index (χ2v) is 13.5. The molecule has 1 atom stereocenters. The average Bonchev–Trinajstić information content (AvgIpc) is 2.85. The predicted molar refractivity (Wildman–Crippen MR) is 162 cm³/mol. The van der Waals surface area contributed by atoms with Crippen molar-refractivity contribution in [3.63, 3.8) is 0 Å². The summed E-state index contributed by atoms with van der Waals surface area (Å²) in [6, 6.07) is 20.2. The highest BCUT2D eigenvalue weighted by atomic mass is 35.5. The molecule has 0 saturated carbocycles. The van der Waals surface area contributed by atoms with Crippen LogP contribution < -0.4 is 9.62 Å². The van der Waals surface area contributed by atoms with E-state index in [1.807, 2.05) is 51.1 Å². The van der Waals surface area contributed by atoms with E-state index in [9.17, 15) is 18.0 Å². The summed E-state index contributed by atoms with van der Waals surface area (Å²) >= 11 is 12.6. The fourth-order valence-electron chi connectivity index (χ4n) is 4.28. The molecular weight excluding hydrogens is 569 g/mol. The minimum Gasteiger partial charge on any atom is -0.350 e. The molecule has 3 rings (SSSR count). The minimum atomic E-state index is -3.85. The molecule has 0 aromatic heterocycles. The van der Waals surface area contributed by atoms with Crippen LogP contribution >= 0.6 is 23.2 Å². The number of anilines is 1. The summed E-state index contributed by atoms with van der Waals surface area (Å²) in [7, 11) is -3.85. The molecule has 0 fully saturated rings. The van der Waals surface area contributed by atoms with E-state index < -0.39 is 34.1 Å². The maximum atomic E-state index is 14.1. The molecule has 0 unspecified atom stereocenters. The van der Waals surface area contributed by atoms with Gasteiger partial charge in [0.1, 0.15) is 12.6 Å². The van der Waals surface area contributed by atoms with Gasteiger partial charge >= 0.3 is 0 Å². The first-order valence-corrected chi connectivity index (χ1v) is 15.4. The topological polar surface area (TPSA) is 86.8 Å². The summed E-state index contributed by atoms with van der Waals surface area (Å²) in [6.45, 7) is 6.82. The molecular formula is C30H35Cl2N3O4S. The standard InChI is InChI=1S/C30H35Cl2N3O4S/c1-21-11-9-10-14-26(21)35(40(5,38)39)20-28(36)34(19-23-15-16-24(31)18-25(23)32)27(29(37)33-30(2,3)4)17-22-12-7-6-8-13-22/h6-16,18,27H,17,19-20H2,1-5H3,(H,33,37)/t27-/m1/s1. The normalized spacial score (nSPS) is 12.5. The summed E-state index contributed by atoms with van der Waals surface area (Å²) < 4.78 is 26.9. The van der Waals surface area contributed by atoms with Gasteiger partial charge in [0.25, 0.3) is 0 Å². The molecule has 0 saturated heterocycles. The Morgan fingerprint density at radius 3 is 2.15 bits per heavy atom. The van der Waals surface area contributed by atoms with Crippen LogP contribution in [0.3, 0.4) is 0 Å². The van der Waals surface area contributed by atoms with Crippen LogP contribution in [0.25, 0.3) is 0 Å². The lowest BCUT2D eigenvalue weighted by Gasteiger charge is -2.35. The molecule has 0 heterocycles. The monoisotopic (exact) mass is 603 g/mol. The van der Waals surface area contributed by atoms with E-state index in [2.05, 4.69) is 5.32 Å². The molecule has 0 spiro atoms. The molecule has 2 amide bonds. The number of hydrogen-bond acceptors (Lipinski definition) is 4. The zero-order valence-electron chi connectivity index (χ0n) is 23.3. The van der Waals surface area contributed by atoms with Gasteiger partial charge in [0.2, 0.25) is 21.8 Å². The average molecular weight is 605 g/mol. The molecule has 0 aliphatic heterocycles.